The van der Waals surface area contributed by atoms with Crippen LogP contribution in [0.15, 0.2) is 12.5 Å². The molecule has 0 radical (unpaired) electrons. The van der Waals surface area contributed by atoms with Gasteiger partial charge in [0.25, 0.3) is 0 Å². The third-order valence-corrected chi connectivity index (χ3v) is 2.68. The number of ether oxygens (including phenoxy) is 1. The van der Waals surface area contributed by atoms with Crippen molar-refractivity contribution in [3.63, 3.8) is 0 Å². The summed E-state index contributed by atoms with van der Waals surface area (Å²) in [6.45, 7) is 3.51. The molecule has 84 valence electrons. The van der Waals surface area contributed by atoms with E-state index in [1.807, 2.05) is 19.6 Å². The van der Waals surface area contributed by atoms with Crippen LogP contribution in [0, 0.1) is 5.92 Å². The summed E-state index contributed by atoms with van der Waals surface area (Å²) >= 11 is 0. The molecule has 0 aromatic carbocycles. The highest BCUT2D eigenvalue weighted by Crippen LogP contribution is 2.28. The number of imidazole rings is 1. The fourth-order valence-corrected chi connectivity index (χ4v) is 1.58. The molecule has 1 aliphatic rings. The Kier molecular flexibility index (Phi) is 3.75. The van der Waals surface area contributed by atoms with Crippen molar-refractivity contribution >= 4 is 0 Å². The van der Waals surface area contributed by atoms with Crippen LogP contribution >= 0.6 is 0 Å². The second-order valence-corrected chi connectivity index (χ2v) is 4.13. The SMILES string of the molecule is CNCc1cncn1CCOCC1CC1. The second kappa shape index (κ2) is 5.28. The molecular weight excluding hydrogens is 190 g/mol. The van der Waals surface area contributed by atoms with Gasteiger partial charge in [-0.1, -0.05) is 0 Å². The second-order valence-electron chi connectivity index (χ2n) is 4.13. The van der Waals surface area contributed by atoms with Gasteiger partial charge >= 0.3 is 0 Å². The maximum Gasteiger partial charge on any atom is 0.0949 e. The molecule has 1 N–H and O–H groups in total. The average molecular weight is 209 g/mol. The third kappa shape index (κ3) is 3.32. The van der Waals surface area contributed by atoms with Gasteiger partial charge in [0.15, 0.2) is 0 Å². The van der Waals surface area contributed by atoms with Crippen molar-refractivity contribution in [1.82, 2.24) is 14.9 Å². The van der Waals surface area contributed by atoms with Gasteiger partial charge in [-0.05, 0) is 25.8 Å². The molecular formula is C11H19N3O. The summed E-state index contributed by atoms with van der Waals surface area (Å²) in [5.74, 6) is 0.851. The van der Waals surface area contributed by atoms with E-state index in [1.165, 1.54) is 18.5 Å². The van der Waals surface area contributed by atoms with Gasteiger partial charge in [-0.25, -0.2) is 4.98 Å². The lowest BCUT2D eigenvalue weighted by Crippen LogP contribution is -2.13. The monoisotopic (exact) mass is 209 g/mol. The maximum absolute atomic E-state index is 5.60. The number of aromatic nitrogens is 2. The Morgan fingerprint density at radius 1 is 1.60 bits per heavy atom. The third-order valence-electron chi connectivity index (χ3n) is 2.68. The number of nitrogens with zero attached hydrogens (tertiary/aromatic N) is 2. The van der Waals surface area contributed by atoms with Crippen LogP contribution in [0.5, 0.6) is 0 Å². The van der Waals surface area contributed by atoms with E-state index >= 15 is 0 Å². The van der Waals surface area contributed by atoms with Gasteiger partial charge in [-0.3, -0.25) is 0 Å². The van der Waals surface area contributed by atoms with Crippen molar-refractivity contribution in [2.45, 2.75) is 25.9 Å². The maximum atomic E-state index is 5.60. The Labute approximate surface area is 90.6 Å². The smallest absolute Gasteiger partial charge is 0.0949 e. The van der Waals surface area contributed by atoms with E-state index in [-0.39, 0.29) is 0 Å². The van der Waals surface area contributed by atoms with Crippen molar-refractivity contribution in [2.24, 2.45) is 5.92 Å². The van der Waals surface area contributed by atoms with Crippen LogP contribution in [0.4, 0.5) is 0 Å². The molecule has 4 nitrogen and oxygen atoms in total. The van der Waals surface area contributed by atoms with E-state index < -0.39 is 0 Å². The van der Waals surface area contributed by atoms with Gasteiger partial charge in [0.1, 0.15) is 0 Å². The number of rotatable bonds is 7. The Hall–Kier alpha value is -0.870. The first-order valence-electron chi connectivity index (χ1n) is 5.61. The summed E-state index contributed by atoms with van der Waals surface area (Å²) in [5.41, 5.74) is 1.22. The Bertz CT molecular complexity index is 294. The molecule has 1 aromatic heterocycles. The van der Waals surface area contributed by atoms with E-state index in [0.29, 0.717) is 0 Å². The molecule has 1 fully saturated rings. The van der Waals surface area contributed by atoms with Gasteiger partial charge in [0, 0.05) is 25.9 Å². The summed E-state index contributed by atoms with van der Waals surface area (Å²) in [5, 5.41) is 3.13. The summed E-state index contributed by atoms with van der Waals surface area (Å²) < 4.78 is 7.74. The first-order chi connectivity index (χ1) is 7.40. The zero-order chi connectivity index (χ0) is 10.5. The van der Waals surface area contributed by atoms with Crippen LogP contribution in [0.25, 0.3) is 0 Å². The molecule has 0 atom stereocenters. The van der Waals surface area contributed by atoms with E-state index in [9.17, 15) is 0 Å². The van der Waals surface area contributed by atoms with E-state index in [0.717, 1.165) is 32.2 Å². The minimum absolute atomic E-state index is 0.795. The summed E-state index contributed by atoms with van der Waals surface area (Å²) in [6, 6.07) is 0. The van der Waals surface area contributed by atoms with Gasteiger partial charge in [0.2, 0.25) is 0 Å². The highest BCUT2D eigenvalue weighted by Gasteiger charge is 2.20. The molecule has 1 aromatic rings. The molecule has 15 heavy (non-hydrogen) atoms. The van der Waals surface area contributed by atoms with Crippen LogP contribution in [-0.2, 0) is 17.8 Å². The minimum Gasteiger partial charge on any atom is -0.379 e. The molecule has 1 saturated carbocycles. The van der Waals surface area contributed by atoms with Gasteiger partial charge in [0.05, 0.1) is 18.6 Å². The number of hydrogen-bond donors (Lipinski definition) is 1. The lowest BCUT2D eigenvalue weighted by Gasteiger charge is -2.08. The van der Waals surface area contributed by atoms with Crippen molar-refractivity contribution in [3.05, 3.63) is 18.2 Å². The van der Waals surface area contributed by atoms with E-state index in [2.05, 4.69) is 14.9 Å². The topological polar surface area (TPSA) is 39.1 Å². The van der Waals surface area contributed by atoms with Crippen LogP contribution in [0.2, 0.25) is 0 Å². The highest BCUT2D eigenvalue weighted by atomic mass is 16.5. The van der Waals surface area contributed by atoms with E-state index in [1.54, 1.807) is 0 Å². The molecule has 0 unspecified atom stereocenters. The van der Waals surface area contributed by atoms with Crippen LogP contribution in [-0.4, -0.2) is 29.8 Å². The Balaban J connectivity index is 1.68. The first kappa shape index (κ1) is 10.6. The predicted octanol–water partition coefficient (Wildman–Crippen LogP) is 1.03. The van der Waals surface area contributed by atoms with Gasteiger partial charge < -0.3 is 14.6 Å². The minimum atomic E-state index is 0.795. The standard InChI is InChI=1S/C11H19N3O/c1-12-6-11-7-13-9-14(11)4-5-15-8-10-2-3-10/h7,9-10,12H,2-6,8H2,1H3. The predicted molar refractivity (Wildman–Crippen MR) is 58.5 cm³/mol. The molecule has 0 spiro atoms. The molecule has 1 heterocycles. The summed E-state index contributed by atoms with van der Waals surface area (Å²) in [6.07, 6.45) is 6.48. The normalized spacial score (nSPS) is 15.8. The lowest BCUT2D eigenvalue weighted by molar-refractivity contribution is 0.116. The lowest BCUT2D eigenvalue weighted by atomic mass is 10.4. The summed E-state index contributed by atoms with van der Waals surface area (Å²) in [4.78, 5) is 4.13. The first-order valence-corrected chi connectivity index (χ1v) is 5.61. The quantitative estimate of drug-likeness (QED) is 0.682. The Morgan fingerprint density at radius 3 is 3.20 bits per heavy atom. The Morgan fingerprint density at radius 2 is 2.47 bits per heavy atom. The van der Waals surface area contributed by atoms with Gasteiger partial charge in [-0.15, -0.1) is 0 Å². The molecule has 0 saturated heterocycles. The van der Waals surface area contributed by atoms with Crippen LogP contribution in [0.1, 0.15) is 18.5 Å². The number of hydrogen-bond acceptors (Lipinski definition) is 3. The van der Waals surface area contributed by atoms with Gasteiger partial charge in [-0.2, -0.15) is 0 Å². The van der Waals surface area contributed by atoms with Crippen molar-refractivity contribution in [1.29, 1.82) is 0 Å². The number of nitrogens with one attached hydrogen (secondary N) is 1. The zero-order valence-corrected chi connectivity index (χ0v) is 9.28. The molecule has 0 amide bonds. The molecule has 4 heteroatoms. The molecule has 0 aliphatic heterocycles. The average Bonchev–Trinajstić information content (AvgIpc) is 2.96. The summed E-state index contributed by atoms with van der Waals surface area (Å²) in [7, 11) is 1.95. The van der Waals surface area contributed by atoms with E-state index in [4.69, 9.17) is 4.74 Å². The fourth-order valence-electron chi connectivity index (χ4n) is 1.58. The molecule has 0 bridgehead atoms. The van der Waals surface area contributed by atoms with Crippen LogP contribution < -0.4 is 5.32 Å². The van der Waals surface area contributed by atoms with Crippen molar-refractivity contribution in [3.8, 4) is 0 Å². The molecule has 1 aliphatic carbocycles. The fraction of sp³-hybridized carbons (Fsp3) is 0.727. The van der Waals surface area contributed by atoms with Crippen molar-refractivity contribution in [2.75, 3.05) is 20.3 Å². The van der Waals surface area contributed by atoms with Crippen LogP contribution in [0.3, 0.4) is 0 Å². The largest absolute Gasteiger partial charge is 0.379 e. The highest BCUT2D eigenvalue weighted by molar-refractivity contribution is 4.97. The molecule has 2 rings (SSSR count). The van der Waals surface area contributed by atoms with Crippen molar-refractivity contribution < 1.29 is 4.74 Å². The zero-order valence-electron chi connectivity index (χ0n) is 9.28.